The molecule has 2 unspecified atom stereocenters. The number of halogens is 1. The largest absolute Gasteiger partial charge is 0.467 e. The maximum atomic E-state index is 15.8. The van der Waals surface area contributed by atoms with Crippen LogP contribution in [0, 0.1) is 0 Å². The van der Waals surface area contributed by atoms with E-state index in [9.17, 15) is 4.79 Å². The van der Waals surface area contributed by atoms with Gasteiger partial charge in [0, 0.05) is 44.2 Å². The summed E-state index contributed by atoms with van der Waals surface area (Å²) in [5.74, 6) is 1.15. The van der Waals surface area contributed by atoms with Crippen molar-refractivity contribution in [2.45, 2.75) is 69.9 Å². The van der Waals surface area contributed by atoms with E-state index in [0.717, 1.165) is 17.7 Å². The highest BCUT2D eigenvalue weighted by atomic mass is 19.1. The monoisotopic (exact) mass is 538 g/mol. The lowest BCUT2D eigenvalue weighted by molar-refractivity contribution is -0.0104. The number of carbonyl (C=O) groups is 1. The first kappa shape index (κ1) is 26.9. The molecule has 4 atom stereocenters. The molecule has 208 valence electrons. The van der Waals surface area contributed by atoms with E-state index in [1.54, 1.807) is 24.5 Å². The highest BCUT2D eigenvalue weighted by Crippen LogP contribution is 2.41. The summed E-state index contributed by atoms with van der Waals surface area (Å²) in [5.41, 5.74) is 1.63. The summed E-state index contributed by atoms with van der Waals surface area (Å²) in [7, 11) is 3.39. The molecular formula is C28H35FN6O4. The molecule has 11 heteroatoms. The number of imidazole rings is 1. The molecular weight excluding hydrogens is 503 g/mol. The number of nitrogens with zero attached hydrogens (tertiary/aromatic N) is 6. The summed E-state index contributed by atoms with van der Waals surface area (Å²) < 4.78 is 34.2. The molecule has 3 aromatic rings. The second-order valence-corrected chi connectivity index (χ2v) is 11.0. The van der Waals surface area contributed by atoms with Gasteiger partial charge in [-0.05, 0) is 64.3 Å². The Morgan fingerprint density at radius 3 is 2.67 bits per heavy atom. The third-order valence-corrected chi connectivity index (χ3v) is 7.28. The Kier molecular flexibility index (Phi) is 7.44. The number of piperidine rings is 1. The number of anilines is 1. The van der Waals surface area contributed by atoms with Gasteiger partial charge >= 0.3 is 6.09 Å². The second-order valence-electron chi connectivity index (χ2n) is 11.0. The molecule has 1 aromatic carbocycles. The first-order valence-corrected chi connectivity index (χ1v) is 13.1. The van der Waals surface area contributed by atoms with Crippen LogP contribution in [0.4, 0.5) is 15.0 Å². The molecule has 0 N–H and O–H groups in total. The molecule has 4 heterocycles. The second kappa shape index (κ2) is 10.8. The topological polar surface area (TPSA) is 94.8 Å². The number of methoxy groups -OCH3 is 1. The van der Waals surface area contributed by atoms with Crippen molar-refractivity contribution in [3.8, 4) is 22.7 Å². The van der Waals surface area contributed by atoms with Gasteiger partial charge in [-0.25, -0.2) is 14.2 Å². The smallest absolute Gasteiger partial charge is 0.410 e. The lowest BCUT2D eigenvalue weighted by Crippen LogP contribution is -2.59. The molecule has 1 amide bonds. The first-order valence-electron chi connectivity index (χ1n) is 13.1. The molecule has 2 fully saturated rings. The predicted octanol–water partition coefficient (Wildman–Crippen LogP) is 4.63. The third kappa shape index (κ3) is 5.54. The van der Waals surface area contributed by atoms with Crippen molar-refractivity contribution in [3.63, 3.8) is 0 Å². The fourth-order valence-corrected chi connectivity index (χ4v) is 5.46. The highest BCUT2D eigenvalue weighted by Gasteiger charge is 2.52. The zero-order valence-corrected chi connectivity index (χ0v) is 23.0. The lowest BCUT2D eigenvalue weighted by Gasteiger charge is -2.44. The Morgan fingerprint density at radius 2 is 2.00 bits per heavy atom. The molecule has 39 heavy (non-hydrogen) atoms. The maximum Gasteiger partial charge on any atom is 0.410 e. The van der Waals surface area contributed by atoms with E-state index in [1.807, 2.05) is 73.8 Å². The minimum Gasteiger partial charge on any atom is -0.467 e. The van der Waals surface area contributed by atoms with E-state index in [2.05, 4.69) is 15.2 Å². The molecule has 2 aliphatic heterocycles. The molecule has 2 bridgehead atoms. The van der Waals surface area contributed by atoms with Crippen LogP contribution in [0.3, 0.4) is 0 Å². The van der Waals surface area contributed by atoms with Gasteiger partial charge in [-0.15, -0.1) is 10.2 Å². The van der Waals surface area contributed by atoms with Crippen LogP contribution in [-0.2, 0) is 9.47 Å². The van der Waals surface area contributed by atoms with Gasteiger partial charge in [-0.2, -0.15) is 0 Å². The van der Waals surface area contributed by atoms with Gasteiger partial charge in [-0.1, -0.05) is 0 Å². The van der Waals surface area contributed by atoms with Crippen LogP contribution >= 0.6 is 0 Å². The lowest BCUT2D eigenvalue weighted by atomic mass is 9.94. The van der Waals surface area contributed by atoms with Gasteiger partial charge < -0.3 is 23.7 Å². The van der Waals surface area contributed by atoms with Crippen LogP contribution in [0.5, 0.6) is 5.75 Å². The van der Waals surface area contributed by atoms with Crippen LogP contribution in [0.2, 0.25) is 0 Å². The number of ether oxygens (including phenoxy) is 3. The van der Waals surface area contributed by atoms with Gasteiger partial charge in [0.15, 0.2) is 12.6 Å². The standard InChI is InChI=1S/C28H35FN6O4/c1-28(2,3)39-27(36)35-19-7-10-22(35)26(29)23(14-19)33(4)25-11-9-21(31-32-25)20-8-6-18(34-13-12-30-16-34)15-24(20)38-17-37-5/h6,8-9,11-13,15-16,19,22-23,26H,7,10,14,17H2,1-5H3/t19?,22?,23-,26+/m0/s1. The van der Waals surface area contributed by atoms with E-state index in [-0.39, 0.29) is 12.8 Å². The van der Waals surface area contributed by atoms with E-state index in [4.69, 9.17) is 14.2 Å². The third-order valence-electron chi connectivity index (χ3n) is 7.28. The van der Waals surface area contributed by atoms with Crippen LogP contribution < -0.4 is 9.64 Å². The number of fused-ring (bicyclic) bond motifs is 2. The van der Waals surface area contributed by atoms with Crippen molar-refractivity contribution >= 4 is 11.9 Å². The van der Waals surface area contributed by atoms with Crippen LogP contribution in [-0.4, -0.2) is 81.6 Å². The van der Waals surface area contributed by atoms with Crippen molar-refractivity contribution in [1.29, 1.82) is 0 Å². The van der Waals surface area contributed by atoms with Gasteiger partial charge in [0.1, 0.15) is 17.5 Å². The Morgan fingerprint density at radius 1 is 1.18 bits per heavy atom. The zero-order chi connectivity index (χ0) is 27.7. The van der Waals surface area contributed by atoms with Gasteiger partial charge in [0.25, 0.3) is 0 Å². The quantitative estimate of drug-likeness (QED) is 0.402. The van der Waals surface area contributed by atoms with Crippen molar-refractivity contribution < 1.29 is 23.4 Å². The van der Waals surface area contributed by atoms with Crippen LogP contribution in [0.1, 0.15) is 40.0 Å². The SMILES string of the molecule is COCOc1cc(-n2ccnc2)ccc1-c1ccc(N(C)[C@H]2CC3CCC([C@H]2F)N3C(=O)OC(C)(C)C)nn1. The molecule has 0 radical (unpaired) electrons. The Labute approximate surface area is 227 Å². The van der Waals surface area contributed by atoms with E-state index < -0.39 is 29.9 Å². The number of rotatable bonds is 7. The molecule has 0 spiro atoms. The Hall–Kier alpha value is -3.73. The van der Waals surface area contributed by atoms with E-state index in [0.29, 0.717) is 30.1 Å². The van der Waals surface area contributed by atoms with E-state index >= 15 is 4.39 Å². The van der Waals surface area contributed by atoms with Gasteiger partial charge in [-0.3, -0.25) is 4.90 Å². The highest BCUT2D eigenvalue weighted by molar-refractivity contribution is 5.71. The molecule has 5 rings (SSSR count). The Bertz CT molecular complexity index is 1280. The molecule has 0 aliphatic carbocycles. The molecule has 2 saturated heterocycles. The van der Waals surface area contributed by atoms with Gasteiger partial charge in [0.2, 0.25) is 0 Å². The summed E-state index contributed by atoms with van der Waals surface area (Å²) in [6, 6.07) is 8.44. The number of hydrogen-bond donors (Lipinski definition) is 0. The minimum atomic E-state index is -1.23. The average molecular weight is 539 g/mol. The van der Waals surface area contributed by atoms with Crippen molar-refractivity contribution in [1.82, 2.24) is 24.6 Å². The fraction of sp³-hybridized carbons (Fsp3) is 0.500. The summed E-state index contributed by atoms with van der Waals surface area (Å²) >= 11 is 0. The molecule has 10 nitrogen and oxygen atoms in total. The maximum absolute atomic E-state index is 15.8. The Balaban J connectivity index is 1.33. The summed E-state index contributed by atoms with van der Waals surface area (Å²) in [6.45, 7) is 5.55. The number of hydrogen-bond acceptors (Lipinski definition) is 8. The fourth-order valence-electron chi connectivity index (χ4n) is 5.46. The summed E-state index contributed by atoms with van der Waals surface area (Å²) in [5, 5.41) is 8.88. The number of alkyl halides is 1. The normalized spacial score (nSPS) is 22.6. The van der Waals surface area contributed by atoms with Crippen molar-refractivity contribution in [2.24, 2.45) is 0 Å². The molecule has 2 aromatic heterocycles. The first-order chi connectivity index (χ1) is 18.7. The number of carbonyl (C=O) groups excluding carboxylic acids is 1. The number of amides is 1. The number of benzene rings is 1. The average Bonchev–Trinajstić information content (AvgIpc) is 3.56. The summed E-state index contributed by atoms with van der Waals surface area (Å²) in [6.07, 6.45) is 5.49. The van der Waals surface area contributed by atoms with Crippen LogP contribution in [0.25, 0.3) is 16.9 Å². The molecule has 2 aliphatic rings. The van der Waals surface area contributed by atoms with Crippen molar-refractivity contribution in [3.05, 3.63) is 49.1 Å². The van der Waals surface area contributed by atoms with E-state index in [1.165, 1.54) is 0 Å². The zero-order valence-electron chi connectivity index (χ0n) is 23.0. The van der Waals surface area contributed by atoms with Crippen LogP contribution in [0.15, 0.2) is 49.1 Å². The summed E-state index contributed by atoms with van der Waals surface area (Å²) in [4.78, 5) is 20.3. The molecule has 0 saturated carbocycles. The minimum absolute atomic E-state index is 0.0639. The number of aromatic nitrogens is 4. The van der Waals surface area contributed by atoms with Gasteiger partial charge in [0.05, 0.1) is 29.8 Å². The van der Waals surface area contributed by atoms with Crippen molar-refractivity contribution in [2.75, 3.05) is 25.9 Å². The predicted molar refractivity (Wildman–Crippen MR) is 144 cm³/mol.